The summed E-state index contributed by atoms with van der Waals surface area (Å²) in [7, 11) is 0. The van der Waals surface area contributed by atoms with Crippen LogP contribution in [0, 0.1) is 0 Å². The maximum absolute atomic E-state index is 11.5. The van der Waals surface area contributed by atoms with Crippen LogP contribution in [0.15, 0.2) is 47.5 Å². The number of amides is 1. The van der Waals surface area contributed by atoms with Crippen LogP contribution < -0.4 is 11.5 Å². The molecule has 1 aliphatic rings. The van der Waals surface area contributed by atoms with Crippen LogP contribution in [0.5, 0.6) is 0 Å². The first-order valence-corrected chi connectivity index (χ1v) is 8.38. The van der Waals surface area contributed by atoms with Gasteiger partial charge in [0, 0.05) is 10.6 Å². The molecule has 0 aromatic heterocycles. The molecule has 0 bridgehead atoms. The summed E-state index contributed by atoms with van der Waals surface area (Å²) in [6.07, 6.45) is 0. The Bertz CT molecular complexity index is 885. The molecule has 0 fully saturated rings. The maximum atomic E-state index is 11.5. The summed E-state index contributed by atoms with van der Waals surface area (Å²) < 4.78 is 5.53. The van der Waals surface area contributed by atoms with Crippen LogP contribution in [0.1, 0.15) is 22.8 Å². The highest BCUT2D eigenvalue weighted by Crippen LogP contribution is 2.32. The molecule has 0 saturated carbocycles. The van der Waals surface area contributed by atoms with E-state index in [0.29, 0.717) is 29.6 Å². The van der Waals surface area contributed by atoms with Crippen molar-refractivity contribution in [2.75, 3.05) is 13.2 Å². The van der Waals surface area contributed by atoms with Crippen molar-refractivity contribution >= 4 is 29.8 Å². The SMILES string of the molecule is CC1(c2cccc(-c3cc(Cl)cc(C(N)=O)c3)c2)COCC(N)=N1.O=CO. The molecule has 2 aromatic rings. The molecule has 0 saturated heterocycles. The highest BCUT2D eigenvalue weighted by molar-refractivity contribution is 6.31. The fourth-order valence-corrected chi connectivity index (χ4v) is 3.05. The molecular formula is C19H20ClN3O4. The second-order valence-corrected chi connectivity index (χ2v) is 6.59. The summed E-state index contributed by atoms with van der Waals surface area (Å²) in [6.45, 7) is 2.54. The lowest BCUT2D eigenvalue weighted by atomic mass is 9.90. The van der Waals surface area contributed by atoms with Gasteiger partial charge in [-0.25, -0.2) is 0 Å². The largest absolute Gasteiger partial charge is 0.483 e. The van der Waals surface area contributed by atoms with E-state index in [1.165, 1.54) is 0 Å². The number of hydrogen-bond donors (Lipinski definition) is 3. The molecular weight excluding hydrogens is 370 g/mol. The number of carbonyl (C=O) groups is 2. The third-order valence-corrected chi connectivity index (χ3v) is 4.24. The molecule has 0 spiro atoms. The molecule has 142 valence electrons. The molecule has 7 nitrogen and oxygen atoms in total. The van der Waals surface area contributed by atoms with Gasteiger partial charge in [-0.1, -0.05) is 29.8 Å². The molecule has 1 aliphatic heterocycles. The highest BCUT2D eigenvalue weighted by atomic mass is 35.5. The van der Waals surface area contributed by atoms with Gasteiger partial charge in [-0.15, -0.1) is 0 Å². The van der Waals surface area contributed by atoms with E-state index in [9.17, 15) is 4.79 Å². The van der Waals surface area contributed by atoms with E-state index in [1.54, 1.807) is 18.2 Å². The summed E-state index contributed by atoms with van der Waals surface area (Å²) in [5, 5.41) is 7.35. The molecule has 2 aromatic carbocycles. The quantitative estimate of drug-likeness (QED) is 0.694. The number of aliphatic imine (C=N–C) groups is 1. The van der Waals surface area contributed by atoms with Crippen molar-refractivity contribution in [3.63, 3.8) is 0 Å². The molecule has 5 N–H and O–H groups in total. The van der Waals surface area contributed by atoms with E-state index < -0.39 is 11.4 Å². The van der Waals surface area contributed by atoms with Crippen molar-refractivity contribution in [2.24, 2.45) is 16.5 Å². The van der Waals surface area contributed by atoms with Crippen LogP contribution in [-0.4, -0.2) is 36.5 Å². The first kappa shape index (κ1) is 20.4. The summed E-state index contributed by atoms with van der Waals surface area (Å²) in [4.78, 5) is 24.4. The molecule has 0 radical (unpaired) electrons. The number of hydrogen-bond acceptors (Lipinski definition) is 5. The lowest BCUT2D eigenvalue weighted by Crippen LogP contribution is -2.37. The predicted molar refractivity (Wildman–Crippen MR) is 104 cm³/mol. The van der Waals surface area contributed by atoms with Crippen molar-refractivity contribution < 1.29 is 19.4 Å². The Kier molecular flexibility index (Phi) is 6.55. The Balaban J connectivity index is 0.000000817. The zero-order valence-corrected chi connectivity index (χ0v) is 15.4. The average molecular weight is 390 g/mol. The summed E-state index contributed by atoms with van der Waals surface area (Å²) in [5.41, 5.74) is 13.7. The number of halogens is 1. The fraction of sp³-hybridized carbons (Fsp3) is 0.211. The lowest BCUT2D eigenvalue weighted by molar-refractivity contribution is -0.122. The highest BCUT2D eigenvalue weighted by Gasteiger charge is 2.30. The number of nitrogens with zero attached hydrogens (tertiary/aromatic N) is 1. The van der Waals surface area contributed by atoms with Crippen molar-refractivity contribution in [1.82, 2.24) is 0 Å². The topological polar surface area (TPSA) is 128 Å². The number of amidine groups is 1. The Morgan fingerprint density at radius 2 is 2.00 bits per heavy atom. The molecule has 27 heavy (non-hydrogen) atoms. The zero-order chi connectivity index (χ0) is 20.0. The van der Waals surface area contributed by atoms with Crippen LogP contribution in [0.2, 0.25) is 5.02 Å². The van der Waals surface area contributed by atoms with E-state index in [-0.39, 0.29) is 6.47 Å². The van der Waals surface area contributed by atoms with Gasteiger partial charge in [-0.2, -0.15) is 0 Å². The molecule has 3 rings (SSSR count). The van der Waals surface area contributed by atoms with Gasteiger partial charge in [-0.05, 0) is 47.9 Å². The van der Waals surface area contributed by atoms with Crippen LogP contribution in [0.3, 0.4) is 0 Å². The smallest absolute Gasteiger partial charge is 0.290 e. The number of ether oxygens (including phenoxy) is 1. The summed E-state index contributed by atoms with van der Waals surface area (Å²) >= 11 is 6.11. The fourth-order valence-electron chi connectivity index (χ4n) is 2.82. The van der Waals surface area contributed by atoms with Gasteiger partial charge >= 0.3 is 0 Å². The average Bonchev–Trinajstić information content (AvgIpc) is 2.62. The second kappa shape index (κ2) is 8.66. The monoisotopic (exact) mass is 389 g/mol. The third-order valence-electron chi connectivity index (χ3n) is 4.02. The lowest BCUT2D eigenvalue weighted by Gasteiger charge is -2.30. The minimum Gasteiger partial charge on any atom is -0.483 e. The van der Waals surface area contributed by atoms with E-state index in [4.69, 9.17) is 37.7 Å². The molecule has 1 atom stereocenters. The molecule has 0 aliphatic carbocycles. The minimum atomic E-state index is -0.538. The predicted octanol–water partition coefficient (Wildman–Crippen LogP) is 2.41. The van der Waals surface area contributed by atoms with Crippen LogP contribution in [0.4, 0.5) is 0 Å². The first-order valence-electron chi connectivity index (χ1n) is 8.00. The maximum Gasteiger partial charge on any atom is 0.290 e. The number of rotatable bonds is 3. The van der Waals surface area contributed by atoms with Crippen molar-refractivity contribution in [3.05, 3.63) is 58.6 Å². The van der Waals surface area contributed by atoms with E-state index in [1.807, 2.05) is 31.2 Å². The Labute approximate surface area is 161 Å². The van der Waals surface area contributed by atoms with Gasteiger partial charge in [0.05, 0.1) is 6.61 Å². The Hall–Kier alpha value is -2.90. The number of carboxylic acid groups (broad SMARTS) is 1. The number of carbonyl (C=O) groups excluding carboxylic acids is 1. The van der Waals surface area contributed by atoms with Crippen LogP contribution in [0.25, 0.3) is 11.1 Å². The molecule has 1 unspecified atom stereocenters. The summed E-state index contributed by atoms with van der Waals surface area (Å²) in [6, 6.07) is 12.9. The molecule has 1 amide bonds. The van der Waals surface area contributed by atoms with Gasteiger partial charge < -0.3 is 21.3 Å². The van der Waals surface area contributed by atoms with Crippen molar-refractivity contribution in [1.29, 1.82) is 0 Å². The standard InChI is InChI=1S/C18H18ClN3O2.CH2O2/c1-18(10-24-9-16(20)22-18)14-4-2-3-11(6-14)12-5-13(17(21)23)8-15(19)7-12;2-1-3/h2-8H,9-10H2,1H3,(H2,20,22)(H2,21,23);1H,(H,2,3). The normalized spacial score (nSPS) is 18.7. The van der Waals surface area contributed by atoms with Gasteiger partial charge in [0.25, 0.3) is 6.47 Å². The van der Waals surface area contributed by atoms with Gasteiger partial charge in [-0.3, -0.25) is 14.6 Å². The van der Waals surface area contributed by atoms with Gasteiger partial charge in [0.2, 0.25) is 5.91 Å². The van der Waals surface area contributed by atoms with Crippen molar-refractivity contribution in [2.45, 2.75) is 12.5 Å². The van der Waals surface area contributed by atoms with E-state index >= 15 is 0 Å². The van der Waals surface area contributed by atoms with Crippen LogP contribution >= 0.6 is 11.6 Å². The Morgan fingerprint density at radius 1 is 1.30 bits per heavy atom. The Morgan fingerprint density at radius 3 is 2.63 bits per heavy atom. The molecule has 1 heterocycles. The van der Waals surface area contributed by atoms with Crippen molar-refractivity contribution in [3.8, 4) is 11.1 Å². The molecule has 8 heteroatoms. The third kappa shape index (κ3) is 5.06. The van der Waals surface area contributed by atoms with E-state index in [0.717, 1.165) is 16.7 Å². The van der Waals surface area contributed by atoms with Gasteiger partial charge in [0.15, 0.2) is 0 Å². The number of benzene rings is 2. The van der Waals surface area contributed by atoms with Gasteiger partial charge in [0.1, 0.15) is 18.0 Å². The number of nitrogens with two attached hydrogens (primary N) is 2. The second-order valence-electron chi connectivity index (χ2n) is 6.15. The zero-order valence-electron chi connectivity index (χ0n) is 14.7. The van der Waals surface area contributed by atoms with Crippen LogP contribution in [-0.2, 0) is 15.1 Å². The number of primary amides is 1. The minimum absolute atomic E-state index is 0.250. The van der Waals surface area contributed by atoms with E-state index in [2.05, 4.69) is 4.99 Å². The first-order chi connectivity index (χ1) is 12.8. The summed E-state index contributed by atoms with van der Waals surface area (Å²) in [5.74, 6) is -0.0344.